The molecule has 0 saturated heterocycles. The number of para-hydroxylation sites is 2. The molecule has 0 saturated carbocycles. The molecule has 0 amide bonds. The fourth-order valence-electron chi connectivity index (χ4n) is 15.6. The minimum atomic E-state index is -0.761. The van der Waals surface area contributed by atoms with Crippen LogP contribution in [0.25, 0.3) is 0 Å². The van der Waals surface area contributed by atoms with Crippen LogP contribution in [0.5, 0.6) is 0 Å². The molecule has 7 heteroatoms. The third-order valence-corrected chi connectivity index (χ3v) is 21.4. The Morgan fingerprint density at radius 1 is 0.483 bits per heavy atom. The van der Waals surface area contributed by atoms with E-state index in [0.717, 1.165) is 75.7 Å². The Hall–Kier alpha value is -3.90. The molecule has 500 valence electrons. The van der Waals surface area contributed by atoms with Crippen LogP contribution in [-0.2, 0) is 20.4 Å². The second-order valence-corrected chi connectivity index (χ2v) is 28.4. The predicted octanol–water partition coefficient (Wildman–Crippen LogP) is 25.7. The number of anilines is 1. The largest absolute Gasteiger partial charge is 0.481 e. The third kappa shape index (κ3) is 25.8. The summed E-state index contributed by atoms with van der Waals surface area (Å²) >= 11 is 7.90. The quantitative estimate of drug-likeness (QED) is 0.0510. The van der Waals surface area contributed by atoms with E-state index in [-0.39, 0.29) is 23.7 Å². The Kier molecular flexibility index (Phi) is 38.7. The molecular weight excluding hydrogens is 1110 g/mol. The fourth-order valence-corrected chi connectivity index (χ4v) is 15.9. The number of allylic oxidation sites excluding steroid dienone is 8. The number of benzene rings is 2. The molecule has 1 unspecified atom stereocenters. The number of hydrogen-bond donors (Lipinski definition) is 2. The van der Waals surface area contributed by atoms with Crippen molar-refractivity contribution < 1.29 is 24.4 Å². The van der Waals surface area contributed by atoms with Crippen LogP contribution in [0.1, 0.15) is 360 Å². The summed E-state index contributed by atoms with van der Waals surface area (Å²) in [5, 5.41) is 21.4. The van der Waals surface area contributed by atoms with Crippen molar-refractivity contribution in [3.05, 3.63) is 106 Å². The minimum absolute atomic E-state index is 0.0778. The topological polar surface area (TPSA) is 80.9 Å². The Morgan fingerprint density at radius 3 is 1.30 bits per heavy atom. The van der Waals surface area contributed by atoms with Gasteiger partial charge in [0, 0.05) is 46.1 Å². The maximum absolute atomic E-state index is 12.5. The Labute approximate surface area is 551 Å². The number of carboxylic acid groups (broad SMARTS) is 2. The first-order chi connectivity index (χ1) is 43.6. The van der Waals surface area contributed by atoms with Crippen molar-refractivity contribution >= 4 is 40.6 Å². The van der Waals surface area contributed by atoms with Gasteiger partial charge in [0.25, 0.3) is 0 Å². The zero-order valence-electron chi connectivity index (χ0n) is 58.1. The van der Waals surface area contributed by atoms with Gasteiger partial charge in [0.15, 0.2) is 12.3 Å². The molecule has 0 fully saturated rings. The first kappa shape index (κ1) is 75.8. The standard InChI is InChI=1S/C82H131ClN2O4/c1-6-11-15-19-23-27-31-35-39-47-61-81(62-48-40-36-32-28-24-20-16-12-7-2)72-51-43-45-53-74(72)84(65-59-78(86)87)76(81)57-55-70-67-69(10-5)68-71(80(70)83)56-58-77-82(63-49-41-37-33-29-25-21-17-13-8-3,64-50-42-38-34-30-26-22-18-14-9-4)73-52-44-46-54-75(73)85(77)66-60-79(88)89/h43-46,51-58,69H,6-42,47-50,59-68H2,1-5H3,(H-,86,87,88,89)/p+1. The highest BCUT2D eigenvalue weighted by atomic mass is 35.5. The Bertz CT molecular complexity index is 2400. The van der Waals surface area contributed by atoms with Gasteiger partial charge in [-0.1, -0.05) is 358 Å². The van der Waals surface area contributed by atoms with Gasteiger partial charge in [0.1, 0.15) is 6.42 Å². The van der Waals surface area contributed by atoms with E-state index < -0.39 is 11.9 Å². The van der Waals surface area contributed by atoms with Crippen molar-refractivity contribution in [2.75, 3.05) is 18.0 Å². The summed E-state index contributed by atoms with van der Waals surface area (Å²) in [5.41, 5.74) is 9.54. The number of carbonyl (C=O) groups is 2. The van der Waals surface area contributed by atoms with Crippen LogP contribution in [0.2, 0.25) is 0 Å². The Balaban J connectivity index is 1.54. The molecule has 0 radical (unpaired) electrons. The normalized spacial score (nSPS) is 17.1. The lowest BCUT2D eigenvalue weighted by atomic mass is 9.69. The van der Waals surface area contributed by atoms with E-state index in [1.807, 2.05) is 0 Å². The molecular formula is C82H132ClN2O4+. The monoisotopic (exact) mass is 1240 g/mol. The molecule has 1 atom stereocenters. The molecule has 1 aliphatic carbocycles. The van der Waals surface area contributed by atoms with Crippen LogP contribution < -0.4 is 4.90 Å². The van der Waals surface area contributed by atoms with Crippen LogP contribution in [0.3, 0.4) is 0 Å². The van der Waals surface area contributed by atoms with Crippen LogP contribution >= 0.6 is 11.6 Å². The summed E-state index contributed by atoms with van der Waals surface area (Å²) in [6.45, 7) is 12.4. The summed E-state index contributed by atoms with van der Waals surface area (Å²) < 4.78 is 2.40. The van der Waals surface area contributed by atoms with Crippen molar-refractivity contribution in [2.24, 2.45) is 5.92 Å². The van der Waals surface area contributed by atoms with Crippen LogP contribution in [0, 0.1) is 5.92 Å². The number of hydrogen-bond acceptors (Lipinski definition) is 3. The maximum atomic E-state index is 12.5. The van der Waals surface area contributed by atoms with E-state index in [9.17, 15) is 19.8 Å². The second-order valence-electron chi connectivity index (χ2n) is 28.0. The smallest absolute Gasteiger partial charge is 0.309 e. The number of nitrogens with zero attached hydrogens (tertiary/aromatic N) is 2. The van der Waals surface area contributed by atoms with Gasteiger partial charge < -0.3 is 15.1 Å². The van der Waals surface area contributed by atoms with Crippen molar-refractivity contribution in [1.29, 1.82) is 0 Å². The number of unbranched alkanes of at least 4 members (excludes halogenated alkanes) is 36. The van der Waals surface area contributed by atoms with Gasteiger partial charge in [-0.05, 0) is 73.3 Å². The zero-order chi connectivity index (χ0) is 63.6. The maximum Gasteiger partial charge on any atom is 0.309 e. The van der Waals surface area contributed by atoms with Crippen molar-refractivity contribution in [2.45, 2.75) is 360 Å². The summed E-state index contributed by atoms with van der Waals surface area (Å²) in [6, 6.07) is 18.0. The van der Waals surface area contributed by atoms with E-state index >= 15 is 0 Å². The average Bonchev–Trinajstić information content (AvgIpc) is 1.61. The van der Waals surface area contributed by atoms with E-state index in [1.165, 1.54) is 276 Å². The van der Waals surface area contributed by atoms with Gasteiger partial charge in [-0.2, -0.15) is 4.58 Å². The minimum Gasteiger partial charge on any atom is -0.481 e. The first-order valence-corrected chi connectivity index (χ1v) is 38.5. The number of rotatable bonds is 54. The number of carboxylic acids is 2. The Morgan fingerprint density at radius 2 is 0.876 bits per heavy atom. The van der Waals surface area contributed by atoms with Crippen molar-refractivity contribution in [3.8, 4) is 0 Å². The lowest BCUT2D eigenvalue weighted by Crippen LogP contribution is -2.35. The van der Waals surface area contributed by atoms with Crippen molar-refractivity contribution in [1.82, 2.24) is 0 Å². The number of halogens is 1. The summed E-state index contributed by atoms with van der Waals surface area (Å²) in [4.78, 5) is 27.5. The van der Waals surface area contributed by atoms with E-state index in [0.29, 0.717) is 19.0 Å². The van der Waals surface area contributed by atoms with Gasteiger partial charge in [-0.15, -0.1) is 0 Å². The molecule has 89 heavy (non-hydrogen) atoms. The van der Waals surface area contributed by atoms with Crippen LogP contribution in [0.15, 0.2) is 94.7 Å². The molecule has 6 nitrogen and oxygen atoms in total. The molecule has 0 spiro atoms. The second kappa shape index (κ2) is 45.4. The summed E-state index contributed by atoms with van der Waals surface area (Å²) in [5.74, 6) is -1.10. The van der Waals surface area contributed by atoms with Gasteiger partial charge >= 0.3 is 11.9 Å². The molecule has 0 bridgehead atoms. The molecule has 2 heterocycles. The summed E-state index contributed by atoms with van der Waals surface area (Å²) in [6.07, 6.45) is 68.8. The van der Waals surface area contributed by atoms with E-state index in [2.05, 4.69) is 117 Å². The van der Waals surface area contributed by atoms with Gasteiger partial charge in [-0.25, -0.2) is 0 Å². The molecule has 2 N–H and O–H groups in total. The zero-order valence-corrected chi connectivity index (χ0v) is 58.8. The lowest BCUT2D eigenvalue weighted by molar-refractivity contribution is -0.436. The third-order valence-electron chi connectivity index (χ3n) is 21.0. The van der Waals surface area contributed by atoms with Crippen molar-refractivity contribution in [3.63, 3.8) is 0 Å². The van der Waals surface area contributed by atoms with Gasteiger partial charge in [0.2, 0.25) is 5.69 Å². The van der Waals surface area contributed by atoms with E-state index in [4.69, 9.17) is 11.6 Å². The number of fused-ring (bicyclic) bond motifs is 2. The highest BCUT2D eigenvalue weighted by molar-refractivity contribution is 6.32. The van der Waals surface area contributed by atoms with E-state index in [1.54, 1.807) is 0 Å². The SMILES string of the molecule is CCCCCCCCCCCCC1(CCCCCCCCCCCC)C(=CC=C2CC(CC)CC(C=CC3=[N+](CCC(=O)O)c4ccccc4C3(CCCCCCCCCCCC)CCCCCCCCCCCC)=C2Cl)N(CCC(=O)O)c2ccccc21. The molecule has 2 aliphatic heterocycles. The summed E-state index contributed by atoms with van der Waals surface area (Å²) in [7, 11) is 0. The van der Waals surface area contributed by atoms with Gasteiger partial charge in [0.05, 0.1) is 11.8 Å². The fraction of sp³-hybridized carbons (Fsp3) is 0.720. The molecule has 0 aromatic heterocycles. The molecule has 5 rings (SSSR count). The lowest BCUT2D eigenvalue weighted by Gasteiger charge is -2.35. The first-order valence-electron chi connectivity index (χ1n) is 38.1. The van der Waals surface area contributed by atoms with Gasteiger partial charge in [-0.3, -0.25) is 9.59 Å². The highest BCUT2D eigenvalue weighted by Crippen LogP contribution is 2.54. The number of aliphatic carboxylic acids is 2. The molecule has 3 aliphatic rings. The van der Waals surface area contributed by atoms with Crippen LogP contribution in [-0.4, -0.2) is 45.5 Å². The predicted molar refractivity (Wildman–Crippen MR) is 385 cm³/mol. The van der Waals surface area contributed by atoms with Crippen LogP contribution in [0.4, 0.5) is 11.4 Å². The highest BCUT2D eigenvalue weighted by Gasteiger charge is 2.50. The average molecular weight is 1250 g/mol. The molecule has 2 aromatic rings. The molecule has 2 aromatic carbocycles.